The van der Waals surface area contributed by atoms with Crippen LogP contribution in [0.3, 0.4) is 0 Å². The zero-order valence-corrected chi connectivity index (χ0v) is 12.6. The number of aliphatic hydroxyl groups excluding tert-OH is 1. The average Bonchev–Trinajstić information content (AvgIpc) is 2.47. The van der Waals surface area contributed by atoms with Gasteiger partial charge in [-0.3, -0.25) is 14.2 Å². The number of fused-ring (bicyclic) bond motifs is 1. The number of amides is 1. The molecule has 0 aliphatic carbocycles. The molecule has 2 atom stereocenters. The summed E-state index contributed by atoms with van der Waals surface area (Å²) in [6.45, 7) is 1.46. The van der Waals surface area contributed by atoms with Crippen LogP contribution in [0.4, 0.5) is 13.2 Å². The van der Waals surface area contributed by atoms with Crippen molar-refractivity contribution in [1.29, 1.82) is 0 Å². The number of nitrogens with zero attached hydrogens (tertiary/aromatic N) is 2. The highest BCUT2D eigenvalue weighted by molar-refractivity contribution is 5.84. The molecule has 1 aromatic carbocycles. The van der Waals surface area contributed by atoms with Crippen LogP contribution in [0.1, 0.15) is 30.3 Å². The van der Waals surface area contributed by atoms with Crippen molar-refractivity contribution in [2.24, 2.45) is 0 Å². The molecule has 1 saturated heterocycles. The van der Waals surface area contributed by atoms with E-state index in [1.54, 1.807) is 0 Å². The molecule has 0 spiro atoms. The van der Waals surface area contributed by atoms with Gasteiger partial charge in [0.1, 0.15) is 18.1 Å². The summed E-state index contributed by atoms with van der Waals surface area (Å²) in [6.07, 6.45) is -5.40. The van der Waals surface area contributed by atoms with E-state index in [1.165, 1.54) is 19.1 Å². The number of carbonyl (C=O) groups excluding carboxylic acids is 1. The molecule has 0 bridgehead atoms. The van der Waals surface area contributed by atoms with Crippen molar-refractivity contribution in [3.05, 3.63) is 39.9 Å². The second-order valence-electron chi connectivity index (χ2n) is 5.65. The first kappa shape index (κ1) is 16.4. The average molecular weight is 341 g/mol. The number of hydrogen-bond acceptors (Lipinski definition) is 4. The van der Waals surface area contributed by atoms with E-state index in [9.17, 15) is 27.9 Å². The molecule has 3 rings (SSSR count). The van der Waals surface area contributed by atoms with E-state index in [0.29, 0.717) is 0 Å². The van der Waals surface area contributed by atoms with Gasteiger partial charge in [-0.25, -0.2) is 4.98 Å². The number of piperidine rings is 1. The number of hydrogen-bond donors (Lipinski definition) is 2. The summed E-state index contributed by atoms with van der Waals surface area (Å²) in [5.74, 6) is -0.479. The largest absolute Gasteiger partial charge is 0.417 e. The molecule has 0 radical (unpaired) electrons. The van der Waals surface area contributed by atoms with E-state index in [0.717, 1.165) is 10.6 Å². The number of aryl methyl sites for hydroxylation is 1. The molecule has 0 saturated carbocycles. The van der Waals surface area contributed by atoms with Crippen molar-refractivity contribution in [3.63, 3.8) is 0 Å². The number of aromatic nitrogens is 2. The Balaban J connectivity index is 2.27. The summed E-state index contributed by atoms with van der Waals surface area (Å²) >= 11 is 0. The summed E-state index contributed by atoms with van der Waals surface area (Å²) in [6, 6.07) is 2.33. The fraction of sp³-hybridized carbons (Fsp3) is 0.400. The summed E-state index contributed by atoms with van der Waals surface area (Å²) in [7, 11) is 0. The molecule has 2 aromatic rings. The predicted octanol–water partition coefficient (Wildman–Crippen LogP) is 1.49. The molecule has 1 aliphatic rings. The normalized spacial score (nSPS) is 21.8. The lowest BCUT2D eigenvalue weighted by Crippen LogP contribution is -2.47. The van der Waals surface area contributed by atoms with Gasteiger partial charge in [0.2, 0.25) is 5.91 Å². The number of rotatable bonds is 1. The van der Waals surface area contributed by atoms with Crippen LogP contribution in [0.2, 0.25) is 0 Å². The molecule has 1 fully saturated rings. The predicted molar refractivity (Wildman–Crippen MR) is 78.2 cm³/mol. The zero-order valence-electron chi connectivity index (χ0n) is 12.6. The van der Waals surface area contributed by atoms with E-state index in [4.69, 9.17) is 0 Å². The van der Waals surface area contributed by atoms with Crippen molar-refractivity contribution < 1.29 is 23.1 Å². The molecule has 128 valence electrons. The van der Waals surface area contributed by atoms with Crippen molar-refractivity contribution in [2.75, 3.05) is 0 Å². The highest BCUT2D eigenvalue weighted by Gasteiger charge is 2.36. The van der Waals surface area contributed by atoms with Crippen LogP contribution in [0.25, 0.3) is 10.9 Å². The van der Waals surface area contributed by atoms with Gasteiger partial charge < -0.3 is 10.4 Å². The number of carbonyl (C=O) groups is 1. The van der Waals surface area contributed by atoms with E-state index < -0.39 is 40.9 Å². The van der Waals surface area contributed by atoms with Crippen LogP contribution < -0.4 is 10.9 Å². The van der Waals surface area contributed by atoms with Gasteiger partial charge in [-0.1, -0.05) is 6.07 Å². The third kappa shape index (κ3) is 2.64. The Morgan fingerprint density at radius 2 is 2.00 bits per heavy atom. The maximum atomic E-state index is 13.2. The summed E-state index contributed by atoms with van der Waals surface area (Å²) in [4.78, 5) is 28.8. The Kier molecular flexibility index (Phi) is 3.83. The Bertz CT molecular complexity index is 876. The SMILES string of the molecule is Cc1nc2cccc(C(F)(F)F)c2c(=O)n1C1CCC(O)NC1=O. The van der Waals surface area contributed by atoms with Gasteiger partial charge in [-0.2, -0.15) is 13.2 Å². The van der Waals surface area contributed by atoms with Gasteiger partial charge in [0.15, 0.2) is 0 Å². The molecule has 1 aromatic heterocycles. The van der Waals surface area contributed by atoms with Crippen molar-refractivity contribution >= 4 is 16.8 Å². The van der Waals surface area contributed by atoms with Crippen molar-refractivity contribution in [3.8, 4) is 0 Å². The lowest BCUT2D eigenvalue weighted by molar-refractivity contribution is -0.136. The quantitative estimate of drug-likeness (QED) is 0.823. The number of aliphatic hydroxyl groups is 1. The van der Waals surface area contributed by atoms with Gasteiger partial charge in [-0.05, 0) is 31.9 Å². The molecule has 24 heavy (non-hydrogen) atoms. The number of benzene rings is 1. The highest BCUT2D eigenvalue weighted by Crippen LogP contribution is 2.33. The molecule has 2 unspecified atom stereocenters. The van der Waals surface area contributed by atoms with Crippen molar-refractivity contribution in [1.82, 2.24) is 14.9 Å². The Labute approximate surface area is 133 Å². The Morgan fingerprint density at radius 3 is 2.62 bits per heavy atom. The Hall–Kier alpha value is -2.42. The Morgan fingerprint density at radius 1 is 1.29 bits per heavy atom. The minimum absolute atomic E-state index is 0.0696. The van der Waals surface area contributed by atoms with Crippen LogP contribution in [0.15, 0.2) is 23.0 Å². The summed E-state index contributed by atoms with van der Waals surface area (Å²) < 4.78 is 40.6. The molecular weight excluding hydrogens is 327 g/mol. The van der Waals surface area contributed by atoms with Gasteiger partial charge >= 0.3 is 6.18 Å². The van der Waals surface area contributed by atoms with Crippen molar-refractivity contribution in [2.45, 2.75) is 38.2 Å². The zero-order chi connectivity index (χ0) is 17.6. The molecule has 2 N–H and O–H groups in total. The monoisotopic (exact) mass is 341 g/mol. The van der Waals surface area contributed by atoms with Gasteiger partial charge in [0.05, 0.1) is 16.5 Å². The lowest BCUT2D eigenvalue weighted by Gasteiger charge is -2.28. The summed E-state index contributed by atoms with van der Waals surface area (Å²) in [5, 5.41) is 11.1. The number of nitrogens with one attached hydrogen (secondary N) is 1. The molecule has 9 heteroatoms. The minimum Gasteiger partial charge on any atom is -0.374 e. The second kappa shape index (κ2) is 5.59. The molecular formula is C15H14F3N3O3. The number of alkyl halides is 3. The van der Waals surface area contributed by atoms with Crippen LogP contribution in [-0.4, -0.2) is 26.8 Å². The first-order valence-corrected chi connectivity index (χ1v) is 7.27. The molecule has 2 heterocycles. The smallest absolute Gasteiger partial charge is 0.374 e. The van der Waals surface area contributed by atoms with Gasteiger partial charge in [0.25, 0.3) is 5.56 Å². The molecule has 6 nitrogen and oxygen atoms in total. The van der Waals surface area contributed by atoms with Gasteiger partial charge in [0, 0.05) is 0 Å². The first-order chi connectivity index (χ1) is 11.2. The van der Waals surface area contributed by atoms with Crippen LogP contribution in [-0.2, 0) is 11.0 Å². The fourth-order valence-electron chi connectivity index (χ4n) is 2.98. The molecule has 1 amide bonds. The van der Waals surface area contributed by atoms with E-state index >= 15 is 0 Å². The maximum absolute atomic E-state index is 13.2. The third-order valence-electron chi connectivity index (χ3n) is 4.05. The highest BCUT2D eigenvalue weighted by atomic mass is 19.4. The van der Waals surface area contributed by atoms with E-state index in [1.807, 2.05) is 0 Å². The van der Waals surface area contributed by atoms with E-state index in [-0.39, 0.29) is 24.2 Å². The summed E-state index contributed by atoms with van der Waals surface area (Å²) in [5.41, 5.74) is -2.07. The topological polar surface area (TPSA) is 84.2 Å². The van der Waals surface area contributed by atoms with E-state index in [2.05, 4.69) is 10.3 Å². The minimum atomic E-state index is -4.71. The van der Waals surface area contributed by atoms with Crippen LogP contribution >= 0.6 is 0 Å². The molecule has 1 aliphatic heterocycles. The lowest BCUT2D eigenvalue weighted by atomic mass is 10.0. The third-order valence-corrected chi connectivity index (χ3v) is 4.05. The second-order valence-corrected chi connectivity index (χ2v) is 5.65. The standard InChI is InChI=1S/C15H14F3N3O3/c1-7-19-9-4-2-3-8(15(16,17)18)12(9)14(24)21(7)10-5-6-11(22)20-13(10)23/h2-4,10-11,22H,5-6H2,1H3,(H,20,23). The first-order valence-electron chi connectivity index (χ1n) is 7.27. The maximum Gasteiger partial charge on any atom is 0.417 e. The number of halogens is 3. The van der Waals surface area contributed by atoms with Gasteiger partial charge in [-0.15, -0.1) is 0 Å². The van der Waals surface area contributed by atoms with Crippen LogP contribution in [0.5, 0.6) is 0 Å². The fourth-order valence-corrected chi connectivity index (χ4v) is 2.98. The van der Waals surface area contributed by atoms with Crippen LogP contribution in [0, 0.1) is 6.92 Å².